The van der Waals surface area contributed by atoms with E-state index in [1.807, 2.05) is 0 Å². The highest BCUT2D eigenvalue weighted by Crippen LogP contribution is 2.38. The highest BCUT2D eigenvalue weighted by atomic mass is 16.6. The molecule has 0 unspecified atom stereocenters. The Balaban J connectivity index is 2.16. The van der Waals surface area contributed by atoms with Crippen LogP contribution in [0.4, 0.5) is 10.5 Å². The third kappa shape index (κ3) is 2.57. The van der Waals surface area contributed by atoms with Gasteiger partial charge < -0.3 is 9.84 Å². The standard InChI is InChI=1S/C19H15NO5/c1-3-10-25-19(24)20(2)13-8-9-14(21)16-15(13)17(22)11-6-4-5-7-12(11)18(16)23/h3-9,21H,1,10H2,2H3. The van der Waals surface area contributed by atoms with Crippen molar-refractivity contribution in [2.75, 3.05) is 18.6 Å². The van der Waals surface area contributed by atoms with E-state index in [0.29, 0.717) is 0 Å². The van der Waals surface area contributed by atoms with Crippen molar-refractivity contribution in [3.8, 4) is 5.75 Å². The lowest BCUT2D eigenvalue weighted by molar-refractivity contribution is 0.0977. The number of carbonyl (C=O) groups excluding carboxylic acids is 3. The van der Waals surface area contributed by atoms with Crippen molar-refractivity contribution < 1.29 is 24.2 Å². The van der Waals surface area contributed by atoms with E-state index in [1.54, 1.807) is 18.2 Å². The molecule has 0 heterocycles. The number of ether oxygens (including phenoxy) is 1. The van der Waals surface area contributed by atoms with Gasteiger partial charge in [0.2, 0.25) is 0 Å². The molecule has 0 aliphatic heterocycles. The number of carbonyl (C=O) groups is 3. The van der Waals surface area contributed by atoms with E-state index < -0.39 is 17.7 Å². The first-order valence-corrected chi connectivity index (χ1v) is 7.53. The molecule has 2 aromatic carbocycles. The topological polar surface area (TPSA) is 83.9 Å². The smallest absolute Gasteiger partial charge is 0.414 e. The third-order valence-corrected chi connectivity index (χ3v) is 3.99. The molecule has 0 saturated heterocycles. The molecule has 0 fully saturated rings. The first-order chi connectivity index (χ1) is 12.0. The maximum atomic E-state index is 12.9. The first kappa shape index (κ1) is 16.4. The van der Waals surface area contributed by atoms with E-state index in [9.17, 15) is 19.5 Å². The molecule has 126 valence electrons. The lowest BCUT2D eigenvalue weighted by atomic mass is 9.82. The number of aromatic hydroxyl groups is 1. The molecule has 0 spiro atoms. The van der Waals surface area contributed by atoms with Crippen molar-refractivity contribution in [3.05, 3.63) is 71.3 Å². The zero-order valence-corrected chi connectivity index (χ0v) is 13.5. The van der Waals surface area contributed by atoms with Crippen molar-refractivity contribution >= 4 is 23.3 Å². The quantitative estimate of drug-likeness (QED) is 0.743. The molecule has 2 aromatic rings. The second kappa shape index (κ2) is 6.24. The van der Waals surface area contributed by atoms with Gasteiger partial charge in [0.05, 0.1) is 16.8 Å². The molecular weight excluding hydrogens is 322 g/mol. The van der Waals surface area contributed by atoms with Gasteiger partial charge in [-0.15, -0.1) is 0 Å². The van der Waals surface area contributed by atoms with Gasteiger partial charge in [-0.3, -0.25) is 14.5 Å². The van der Waals surface area contributed by atoms with Crippen LogP contribution in [0.3, 0.4) is 0 Å². The molecular formula is C19H15NO5. The predicted octanol–water partition coefficient (Wildman–Crippen LogP) is 2.93. The van der Waals surface area contributed by atoms with E-state index in [4.69, 9.17) is 4.74 Å². The summed E-state index contributed by atoms with van der Waals surface area (Å²) in [6.07, 6.45) is 0.718. The van der Waals surface area contributed by atoms with E-state index in [-0.39, 0.29) is 40.3 Å². The zero-order chi connectivity index (χ0) is 18.1. The number of hydrogen-bond acceptors (Lipinski definition) is 5. The van der Waals surface area contributed by atoms with Gasteiger partial charge in [0, 0.05) is 18.2 Å². The maximum Gasteiger partial charge on any atom is 0.414 e. The molecule has 3 rings (SSSR count). The van der Waals surface area contributed by atoms with Crippen LogP contribution < -0.4 is 4.90 Å². The summed E-state index contributed by atoms with van der Waals surface area (Å²) in [7, 11) is 1.43. The molecule has 1 aliphatic carbocycles. The van der Waals surface area contributed by atoms with Crippen LogP contribution in [0, 0.1) is 0 Å². The molecule has 6 heteroatoms. The number of fused-ring (bicyclic) bond motifs is 2. The van der Waals surface area contributed by atoms with Crippen LogP contribution in [0.1, 0.15) is 31.8 Å². The number of nitrogens with zero attached hydrogens (tertiary/aromatic N) is 1. The van der Waals surface area contributed by atoms with Crippen LogP contribution in [0.15, 0.2) is 49.1 Å². The number of ketones is 2. The number of anilines is 1. The fraction of sp³-hybridized carbons (Fsp3) is 0.105. The summed E-state index contributed by atoms with van der Waals surface area (Å²) in [6.45, 7) is 3.48. The fourth-order valence-corrected chi connectivity index (χ4v) is 2.79. The van der Waals surface area contributed by atoms with E-state index in [1.165, 1.54) is 31.3 Å². The molecule has 0 bridgehead atoms. The Bertz CT molecular complexity index is 916. The summed E-state index contributed by atoms with van der Waals surface area (Å²) < 4.78 is 4.97. The monoisotopic (exact) mass is 337 g/mol. The minimum atomic E-state index is -0.702. The summed E-state index contributed by atoms with van der Waals surface area (Å²) in [5.41, 5.74) is 0.532. The highest BCUT2D eigenvalue weighted by molar-refractivity contribution is 6.31. The Morgan fingerprint density at radius 1 is 1.12 bits per heavy atom. The Morgan fingerprint density at radius 2 is 1.72 bits per heavy atom. The van der Waals surface area contributed by atoms with Crippen molar-refractivity contribution in [1.29, 1.82) is 0 Å². The lowest BCUT2D eigenvalue weighted by Gasteiger charge is -2.25. The van der Waals surface area contributed by atoms with Crippen LogP contribution in [-0.2, 0) is 4.74 Å². The van der Waals surface area contributed by atoms with Gasteiger partial charge in [0.25, 0.3) is 0 Å². The summed E-state index contributed by atoms with van der Waals surface area (Å²) in [5.74, 6) is -1.20. The number of amides is 1. The zero-order valence-electron chi connectivity index (χ0n) is 13.5. The van der Waals surface area contributed by atoms with Gasteiger partial charge in [-0.1, -0.05) is 36.9 Å². The van der Waals surface area contributed by atoms with Gasteiger partial charge in [-0.25, -0.2) is 4.79 Å². The Morgan fingerprint density at radius 3 is 2.32 bits per heavy atom. The minimum Gasteiger partial charge on any atom is -0.507 e. The van der Waals surface area contributed by atoms with Crippen LogP contribution in [0.25, 0.3) is 0 Å². The Hall–Kier alpha value is -3.41. The van der Waals surface area contributed by atoms with Gasteiger partial charge in [-0.05, 0) is 12.1 Å². The molecule has 1 N–H and O–H groups in total. The van der Waals surface area contributed by atoms with Crippen LogP contribution in [-0.4, -0.2) is 36.4 Å². The molecule has 6 nitrogen and oxygen atoms in total. The van der Waals surface area contributed by atoms with Gasteiger partial charge in [0.15, 0.2) is 11.6 Å². The van der Waals surface area contributed by atoms with Crippen molar-refractivity contribution in [2.45, 2.75) is 0 Å². The summed E-state index contributed by atoms with van der Waals surface area (Å²) >= 11 is 0. The number of rotatable bonds is 3. The van der Waals surface area contributed by atoms with Crippen LogP contribution in [0.5, 0.6) is 5.75 Å². The fourth-order valence-electron chi connectivity index (χ4n) is 2.79. The van der Waals surface area contributed by atoms with Gasteiger partial charge in [-0.2, -0.15) is 0 Å². The summed E-state index contributed by atoms with van der Waals surface area (Å²) in [6, 6.07) is 9.07. The molecule has 0 atom stereocenters. The van der Waals surface area contributed by atoms with Gasteiger partial charge in [0.1, 0.15) is 12.4 Å². The normalized spacial score (nSPS) is 12.2. The molecule has 0 aromatic heterocycles. The van der Waals surface area contributed by atoms with E-state index in [2.05, 4.69) is 6.58 Å². The van der Waals surface area contributed by atoms with Crippen molar-refractivity contribution in [3.63, 3.8) is 0 Å². The second-order valence-electron chi connectivity index (χ2n) is 5.48. The van der Waals surface area contributed by atoms with Crippen molar-refractivity contribution in [1.82, 2.24) is 0 Å². The number of benzene rings is 2. The summed E-state index contributed by atoms with van der Waals surface area (Å²) in [5, 5.41) is 10.1. The van der Waals surface area contributed by atoms with Gasteiger partial charge >= 0.3 is 6.09 Å². The Kier molecular flexibility index (Phi) is 4.10. The molecule has 25 heavy (non-hydrogen) atoms. The first-order valence-electron chi connectivity index (χ1n) is 7.53. The van der Waals surface area contributed by atoms with E-state index in [0.717, 1.165) is 4.90 Å². The number of phenolic OH excluding ortho intramolecular Hbond substituents is 1. The summed E-state index contributed by atoms with van der Waals surface area (Å²) in [4.78, 5) is 38.9. The van der Waals surface area contributed by atoms with Crippen LogP contribution >= 0.6 is 0 Å². The largest absolute Gasteiger partial charge is 0.507 e. The average molecular weight is 337 g/mol. The van der Waals surface area contributed by atoms with Crippen LogP contribution in [0.2, 0.25) is 0 Å². The molecule has 0 saturated carbocycles. The second-order valence-corrected chi connectivity index (χ2v) is 5.48. The third-order valence-electron chi connectivity index (χ3n) is 3.99. The molecule has 1 aliphatic rings. The SMILES string of the molecule is C=CCOC(=O)N(C)c1ccc(O)c2c1C(=O)c1ccccc1C2=O. The predicted molar refractivity (Wildman–Crippen MR) is 91.4 cm³/mol. The number of phenols is 1. The highest BCUT2D eigenvalue weighted by Gasteiger charge is 2.35. The average Bonchev–Trinajstić information content (AvgIpc) is 2.63. The molecule has 0 radical (unpaired) electrons. The minimum absolute atomic E-state index is 0.0123. The molecule has 1 amide bonds. The Labute approximate surface area is 143 Å². The lowest BCUT2D eigenvalue weighted by Crippen LogP contribution is -2.31. The van der Waals surface area contributed by atoms with Crippen molar-refractivity contribution in [2.24, 2.45) is 0 Å². The van der Waals surface area contributed by atoms with E-state index >= 15 is 0 Å². The number of hydrogen-bond donors (Lipinski definition) is 1. The maximum absolute atomic E-state index is 12.9.